The second-order valence-electron chi connectivity index (χ2n) is 3.84. The van der Waals surface area contributed by atoms with E-state index in [1.165, 1.54) is 0 Å². The Morgan fingerprint density at radius 2 is 1.55 bits per heavy atom. The molecule has 0 saturated carbocycles. The van der Waals surface area contributed by atoms with Gasteiger partial charge in [-0.15, -0.1) is 0 Å². The van der Waals surface area contributed by atoms with Crippen LogP contribution >= 0.6 is 0 Å². The minimum absolute atomic E-state index is 0.306. The molecule has 20 heavy (non-hydrogen) atoms. The zero-order valence-corrected chi connectivity index (χ0v) is 10.5. The fourth-order valence-electron chi connectivity index (χ4n) is 1.72. The molecule has 0 heterocycles. The molecule has 0 aliphatic carbocycles. The molecule has 0 aromatic heterocycles. The molecule has 0 amide bonds. The molecule has 6 nitrogen and oxygen atoms in total. The van der Waals surface area contributed by atoms with Crippen molar-refractivity contribution in [3.63, 3.8) is 0 Å². The normalized spacial score (nSPS) is 9.80. The maximum atomic E-state index is 8.62. The predicted octanol–water partition coefficient (Wildman–Crippen LogP) is 5.74. The highest BCUT2D eigenvalue weighted by Gasteiger charge is 2.02. The third-order valence-corrected chi connectivity index (χ3v) is 2.60. The second kappa shape index (κ2) is 6.66. The van der Waals surface area contributed by atoms with Crippen LogP contribution in [-0.2, 0) is 0 Å². The van der Waals surface area contributed by atoms with Gasteiger partial charge in [0.15, 0.2) is 0 Å². The van der Waals surface area contributed by atoms with E-state index in [1.807, 2.05) is 42.5 Å². The molecule has 0 atom stereocenters. The SMILES string of the molecule is [N-]=[N+]=Nc1cccc(/C=C/c2ccccc2)c1N=[N+]=[N-]. The molecule has 2 aromatic rings. The van der Waals surface area contributed by atoms with Gasteiger partial charge >= 0.3 is 0 Å². The van der Waals surface area contributed by atoms with Gasteiger partial charge in [-0.2, -0.15) is 0 Å². The molecule has 0 spiro atoms. The minimum atomic E-state index is 0.306. The van der Waals surface area contributed by atoms with Crippen molar-refractivity contribution in [1.82, 2.24) is 0 Å². The topological polar surface area (TPSA) is 97.5 Å². The maximum absolute atomic E-state index is 8.62. The first-order valence-electron chi connectivity index (χ1n) is 5.81. The number of nitrogens with zero attached hydrogens (tertiary/aromatic N) is 6. The zero-order valence-electron chi connectivity index (χ0n) is 10.5. The highest BCUT2D eigenvalue weighted by atomic mass is 15.2. The molecular weight excluding hydrogens is 252 g/mol. The lowest BCUT2D eigenvalue weighted by Crippen LogP contribution is -1.75. The smallest absolute Gasteiger partial charge is 0.0543 e. The summed E-state index contributed by atoms with van der Waals surface area (Å²) < 4.78 is 0. The molecule has 0 radical (unpaired) electrons. The van der Waals surface area contributed by atoms with E-state index >= 15 is 0 Å². The summed E-state index contributed by atoms with van der Waals surface area (Å²) in [4.78, 5) is 5.50. The Kier molecular flexibility index (Phi) is 4.41. The maximum Gasteiger partial charge on any atom is 0.0543 e. The van der Waals surface area contributed by atoms with Crippen LogP contribution in [0, 0.1) is 0 Å². The largest absolute Gasteiger partial charge is 0.0622 e. The van der Waals surface area contributed by atoms with Crippen molar-refractivity contribution in [2.75, 3.05) is 0 Å². The lowest BCUT2D eigenvalue weighted by atomic mass is 10.1. The number of benzene rings is 2. The molecule has 2 aromatic carbocycles. The van der Waals surface area contributed by atoms with Crippen molar-refractivity contribution < 1.29 is 0 Å². The van der Waals surface area contributed by atoms with Gasteiger partial charge in [0.25, 0.3) is 0 Å². The first kappa shape index (κ1) is 13.2. The number of rotatable bonds is 4. The van der Waals surface area contributed by atoms with Crippen molar-refractivity contribution in [1.29, 1.82) is 0 Å². The van der Waals surface area contributed by atoms with Crippen molar-refractivity contribution in [3.8, 4) is 0 Å². The van der Waals surface area contributed by atoms with Crippen LogP contribution in [-0.4, -0.2) is 0 Å². The average Bonchev–Trinajstić information content (AvgIpc) is 2.49. The Balaban J connectivity index is 2.46. The Morgan fingerprint density at radius 1 is 0.800 bits per heavy atom. The van der Waals surface area contributed by atoms with Gasteiger partial charge in [0.05, 0.1) is 5.69 Å². The third-order valence-electron chi connectivity index (χ3n) is 2.60. The first-order chi connectivity index (χ1) is 9.85. The zero-order chi connectivity index (χ0) is 14.2. The lowest BCUT2D eigenvalue weighted by molar-refractivity contribution is 1.39. The van der Waals surface area contributed by atoms with Gasteiger partial charge < -0.3 is 0 Å². The van der Waals surface area contributed by atoms with Gasteiger partial charge in [0, 0.05) is 15.5 Å². The summed E-state index contributed by atoms with van der Waals surface area (Å²) in [7, 11) is 0. The number of hydrogen-bond donors (Lipinski definition) is 0. The molecule has 6 heteroatoms. The molecule has 0 N–H and O–H groups in total. The Morgan fingerprint density at radius 3 is 2.25 bits per heavy atom. The van der Waals surface area contributed by atoms with Crippen molar-refractivity contribution in [2.24, 2.45) is 10.2 Å². The van der Waals surface area contributed by atoms with Gasteiger partial charge in [-0.25, -0.2) is 0 Å². The van der Waals surface area contributed by atoms with Crippen LogP contribution < -0.4 is 0 Å². The number of hydrogen-bond acceptors (Lipinski definition) is 2. The number of azide groups is 2. The van der Waals surface area contributed by atoms with Gasteiger partial charge in [-0.05, 0) is 22.2 Å². The lowest BCUT2D eigenvalue weighted by Gasteiger charge is -2.03. The van der Waals surface area contributed by atoms with Crippen molar-refractivity contribution in [2.45, 2.75) is 0 Å². The van der Waals surface area contributed by atoms with E-state index in [1.54, 1.807) is 18.2 Å². The Bertz CT molecular complexity index is 723. The molecule has 0 unspecified atom stereocenters. The van der Waals surface area contributed by atoms with Gasteiger partial charge in [0.1, 0.15) is 0 Å². The van der Waals surface area contributed by atoms with E-state index < -0.39 is 0 Å². The van der Waals surface area contributed by atoms with Crippen molar-refractivity contribution >= 4 is 23.5 Å². The molecular formula is C14H10N6. The fraction of sp³-hybridized carbons (Fsp3) is 0. The Labute approximate surface area is 115 Å². The summed E-state index contributed by atoms with van der Waals surface area (Å²) >= 11 is 0. The van der Waals surface area contributed by atoms with Crippen LogP contribution in [0.1, 0.15) is 11.1 Å². The van der Waals surface area contributed by atoms with Crippen LogP contribution in [0.2, 0.25) is 0 Å². The average molecular weight is 262 g/mol. The first-order valence-corrected chi connectivity index (χ1v) is 5.81. The monoisotopic (exact) mass is 262 g/mol. The standard InChI is InChI=1S/C14H10N6/c15-19-17-13-8-4-7-12(14(13)18-20-16)10-9-11-5-2-1-3-6-11/h1-10H/b10-9+. The highest BCUT2D eigenvalue weighted by molar-refractivity contribution is 5.80. The molecule has 0 fully saturated rings. The summed E-state index contributed by atoms with van der Waals surface area (Å²) in [6.45, 7) is 0. The summed E-state index contributed by atoms with van der Waals surface area (Å²) in [6.07, 6.45) is 3.71. The van der Waals surface area contributed by atoms with Gasteiger partial charge in [-0.1, -0.05) is 70.9 Å². The summed E-state index contributed by atoms with van der Waals surface area (Å²) in [5.41, 5.74) is 19.5. The fourth-order valence-corrected chi connectivity index (χ4v) is 1.72. The predicted molar refractivity (Wildman–Crippen MR) is 79.4 cm³/mol. The van der Waals surface area contributed by atoms with Crippen LogP contribution in [0.25, 0.3) is 33.0 Å². The summed E-state index contributed by atoms with van der Waals surface area (Å²) in [6, 6.07) is 14.9. The van der Waals surface area contributed by atoms with E-state index in [-0.39, 0.29) is 0 Å². The Hall–Kier alpha value is -3.20. The van der Waals surface area contributed by atoms with E-state index in [0.29, 0.717) is 16.9 Å². The van der Waals surface area contributed by atoms with Crippen LogP contribution in [0.15, 0.2) is 58.8 Å². The van der Waals surface area contributed by atoms with E-state index in [2.05, 4.69) is 20.1 Å². The minimum Gasteiger partial charge on any atom is -0.0622 e. The highest BCUT2D eigenvalue weighted by Crippen LogP contribution is 2.33. The van der Waals surface area contributed by atoms with E-state index in [4.69, 9.17) is 11.1 Å². The van der Waals surface area contributed by atoms with Crippen LogP contribution in [0.5, 0.6) is 0 Å². The molecule has 2 rings (SSSR count). The third kappa shape index (κ3) is 3.17. The molecule has 0 bridgehead atoms. The van der Waals surface area contributed by atoms with E-state index in [9.17, 15) is 0 Å². The molecule has 0 saturated heterocycles. The molecule has 0 aliphatic heterocycles. The van der Waals surface area contributed by atoms with Crippen LogP contribution in [0.4, 0.5) is 11.4 Å². The van der Waals surface area contributed by atoms with Crippen molar-refractivity contribution in [3.05, 3.63) is 80.5 Å². The molecule has 96 valence electrons. The van der Waals surface area contributed by atoms with E-state index in [0.717, 1.165) is 5.56 Å². The quantitative estimate of drug-likeness (QED) is 0.290. The molecule has 0 aliphatic rings. The van der Waals surface area contributed by atoms with Crippen LogP contribution in [0.3, 0.4) is 0 Å². The van der Waals surface area contributed by atoms with Gasteiger partial charge in [0.2, 0.25) is 0 Å². The van der Waals surface area contributed by atoms with Gasteiger partial charge in [-0.3, -0.25) is 0 Å². The summed E-state index contributed by atoms with van der Waals surface area (Å²) in [5, 5.41) is 7.12. The second-order valence-corrected chi connectivity index (χ2v) is 3.84. The summed E-state index contributed by atoms with van der Waals surface area (Å²) in [5.74, 6) is 0.